The first-order chi connectivity index (χ1) is 13.7. The zero-order valence-electron chi connectivity index (χ0n) is 15.3. The first-order valence-corrected chi connectivity index (χ1v) is 8.56. The Morgan fingerprint density at radius 3 is 2.75 bits per heavy atom. The number of ether oxygens (including phenoxy) is 2. The number of hydrogen-bond acceptors (Lipinski definition) is 8. The van der Waals surface area contributed by atoms with E-state index in [1.165, 1.54) is 0 Å². The number of benzene rings is 1. The van der Waals surface area contributed by atoms with Crippen LogP contribution in [0, 0.1) is 0 Å². The summed E-state index contributed by atoms with van der Waals surface area (Å²) in [5.74, 6) is 2.00. The van der Waals surface area contributed by atoms with Gasteiger partial charge >= 0.3 is 6.03 Å². The molecule has 2 amide bonds. The molecular formula is C18H18N6O4. The second-order valence-corrected chi connectivity index (χ2v) is 6.15. The van der Waals surface area contributed by atoms with Crippen LogP contribution in [0.1, 0.15) is 11.8 Å². The molecule has 0 unspecified atom stereocenters. The molecule has 10 heteroatoms. The summed E-state index contributed by atoms with van der Waals surface area (Å²) in [4.78, 5) is 26.5. The second kappa shape index (κ2) is 7.51. The summed E-state index contributed by atoms with van der Waals surface area (Å²) in [7, 11) is 3.10. The van der Waals surface area contributed by atoms with Crippen molar-refractivity contribution in [3.8, 4) is 23.0 Å². The Kier molecular flexibility index (Phi) is 4.75. The van der Waals surface area contributed by atoms with Crippen LogP contribution in [-0.4, -0.2) is 58.3 Å². The molecule has 1 aromatic carbocycles. The van der Waals surface area contributed by atoms with Crippen molar-refractivity contribution in [1.82, 2.24) is 25.0 Å². The van der Waals surface area contributed by atoms with Crippen LogP contribution in [0.15, 0.2) is 41.3 Å². The Labute approximate surface area is 160 Å². The highest BCUT2D eigenvalue weighted by molar-refractivity contribution is 5.90. The van der Waals surface area contributed by atoms with Gasteiger partial charge in [0.2, 0.25) is 11.7 Å². The third-order valence-corrected chi connectivity index (χ3v) is 4.39. The largest absolute Gasteiger partial charge is 0.493 e. The van der Waals surface area contributed by atoms with Crippen molar-refractivity contribution in [1.29, 1.82) is 0 Å². The third kappa shape index (κ3) is 3.43. The van der Waals surface area contributed by atoms with Gasteiger partial charge in [-0.1, -0.05) is 5.16 Å². The quantitative estimate of drug-likeness (QED) is 0.714. The van der Waals surface area contributed by atoms with Crippen LogP contribution in [0.3, 0.4) is 0 Å². The van der Waals surface area contributed by atoms with E-state index in [0.29, 0.717) is 47.7 Å². The summed E-state index contributed by atoms with van der Waals surface area (Å²) in [6, 6.07) is 4.98. The Bertz CT molecular complexity index is 971. The molecule has 28 heavy (non-hydrogen) atoms. The van der Waals surface area contributed by atoms with E-state index in [2.05, 4.69) is 25.4 Å². The second-order valence-electron chi connectivity index (χ2n) is 6.15. The van der Waals surface area contributed by atoms with E-state index in [-0.39, 0.29) is 11.9 Å². The van der Waals surface area contributed by atoms with Crippen LogP contribution in [0.2, 0.25) is 0 Å². The molecule has 10 nitrogen and oxygen atoms in total. The van der Waals surface area contributed by atoms with Gasteiger partial charge < -0.3 is 24.2 Å². The normalized spacial score (nSPS) is 13.7. The maximum absolute atomic E-state index is 12.4. The van der Waals surface area contributed by atoms with E-state index in [0.717, 1.165) is 0 Å². The molecule has 3 aromatic rings. The summed E-state index contributed by atoms with van der Waals surface area (Å²) >= 11 is 0. The number of likely N-dealkylation sites (tertiary alicyclic amines) is 1. The van der Waals surface area contributed by atoms with Crippen molar-refractivity contribution in [2.75, 3.05) is 32.6 Å². The fourth-order valence-corrected chi connectivity index (χ4v) is 2.84. The van der Waals surface area contributed by atoms with Gasteiger partial charge in [0, 0.05) is 37.2 Å². The van der Waals surface area contributed by atoms with E-state index >= 15 is 0 Å². The zero-order valence-corrected chi connectivity index (χ0v) is 15.3. The van der Waals surface area contributed by atoms with Gasteiger partial charge in [0.25, 0.3) is 0 Å². The molecule has 1 aliphatic rings. The number of urea groups is 1. The summed E-state index contributed by atoms with van der Waals surface area (Å²) < 4.78 is 15.7. The minimum atomic E-state index is -0.211. The van der Waals surface area contributed by atoms with Gasteiger partial charge in [-0.25, -0.2) is 9.78 Å². The highest BCUT2D eigenvalue weighted by atomic mass is 16.5. The molecule has 4 rings (SSSR count). The summed E-state index contributed by atoms with van der Waals surface area (Å²) in [5, 5.41) is 6.77. The molecular weight excluding hydrogens is 364 g/mol. The van der Waals surface area contributed by atoms with Gasteiger partial charge in [-0.3, -0.25) is 4.98 Å². The number of nitrogens with zero attached hydrogens (tertiary/aromatic N) is 5. The van der Waals surface area contributed by atoms with E-state index in [1.807, 2.05) is 0 Å². The van der Waals surface area contributed by atoms with Crippen LogP contribution in [0.5, 0.6) is 11.5 Å². The van der Waals surface area contributed by atoms with Gasteiger partial charge in [0.05, 0.1) is 26.3 Å². The third-order valence-electron chi connectivity index (χ3n) is 4.39. The summed E-state index contributed by atoms with van der Waals surface area (Å²) in [6.45, 7) is 0.975. The first-order valence-electron chi connectivity index (χ1n) is 8.56. The number of amides is 2. The van der Waals surface area contributed by atoms with Crippen LogP contribution in [0.25, 0.3) is 11.5 Å². The average Bonchev–Trinajstić information content (AvgIpc) is 3.17. The Morgan fingerprint density at radius 1 is 1.21 bits per heavy atom. The highest BCUT2D eigenvalue weighted by Gasteiger charge is 2.36. The fourth-order valence-electron chi connectivity index (χ4n) is 2.84. The lowest BCUT2D eigenvalue weighted by Gasteiger charge is -2.36. The van der Waals surface area contributed by atoms with Gasteiger partial charge in [-0.15, -0.1) is 0 Å². The molecule has 0 radical (unpaired) electrons. The monoisotopic (exact) mass is 382 g/mol. The van der Waals surface area contributed by atoms with Crippen LogP contribution < -0.4 is 14.8 Å². The lowest BCUT2D eigenvalue weighted by molar-refractivity contribution is 0.147. The number of nitrogens with one attached hydrogen (secondary N) is 1. The number of hydrogen-bond donors (Lipinski definition) is 1. The molecule has 0 spiro atoms. The number of carbonyl (C=O) groups excluding carboxylic acids is 1. The fraction of sp³-hybridized carbons (Fsp3) is 0.278. The van der Waals surface area contributed by atoms with Crippen molar-refractivity contribution in [3.63, 3.8) is 0 Å². The van der Waals surface area contributed by atoms with Gasteiger partial charge in [-0.2, -0.15) is 4.98 Å². The van der Waals surface area contributed by atoms with Crippen LogP contribution in [-0.2, 0) is 0 Å². The first kappa shape index (κ1) is 17.7. The molecule has 3 heterocycles. The maximum Gasteiger partial charge on any atom is 0.321 e. The Morgan fingerprint density at radius 2 is 2.04 bits per heavy atom. The molecule has 1 N–H and O–H groups in total. The minimum Gasteiger partial charge on any atom is -0.493 e. The zero-order chi connectivity index (χ0) is 19.5. The predicted octanol–water partition coefficient (Wildman–Crippen LogP) is 2.18. The number of anilines is 1. The molecule has 1 saturated heterocycles. The van der Waals surface area contributed by atoms with Crippen molar-refractivity contribution in [2.24, 2.45) is 0 Å². The molecule has 0 atom stereocenters. The number of carbonyl (C=O) groups is 1. The molecule has 1 fully saturated rings. The number of rotatable bonds is 5. The molecule has 144 valence electrons. The van der Waals surface area contributed by atoms with Gasteiger partial charge in [-0.05, 0) is 12.1 Å². The molecule has 0 saturated carbocycles. The van der Waals surface area contributed by atoms with Gasteiger partial charge in [0.1, 0.15) is 5.69 Å². The van der Waals surface area contributed by atoms with E-state index in [1.54, 1.807) is 55.9 Å². The Balaban J connectivity index is 1.35. The van der Waals surface area contributed by atoms with E-state index < -0.39 is 0 Å². The standard InChI is InChI=1S/C18H18N6O4/c1-26-14-4-3-12(7-15(14)27-2)21-18(25)24-9-11(10-24)17-22-16(23-28-17)13-8-19-5-6-20-13/h3-8,11H,9-10H2,1-2H3,(H,21,25). The average molecular weight is 382 g/mol. The predicted molar refractivity (Wildman–Crippen MR) is 98.2 cm³/mol. The van der Waals surface area contributed by atoms with Gasteiger partial charge in [0.15, 0.2) is 11.5 Å². The lowest BCUT2D eigenvalue weighted by atomic mass is 10.0. The Hall–Kier alpha value is -3.69. The van der Waals surface area contributed by atoms with Crippen molar-refractivity contribution >= 4 is 11.7 Å². The smallest absolute Gasteiger partial charge is 0.321 e. The van der Waals surface area contributed by atoms with Crippen LogP contribution >= 0.6 is 0 Å². The molecule has 1 aliphatic heterocycles. The summed E-state index contributed by atoms with van der Waals surface area (Å²) in [6.07, 6.45) is 4.71. The maximum atomic E-state index is 12.4. The van der Waals surface area contributed by atoms with Crippen molar-refractivity contribution in [3.05, 3.63) is 42.7 Å². The molecule has 0 aliphatic carbocycles. The number of aromatic nitrogens is 4. The van der Waals surface area contributed by atoms with E-state index in [9.17, 15) is 4.79 Å². The lowest BCUT2D eigenvalue weighted by Crippen LogP contribution is -2.50. The van der Waals surface area contributed by atoms with Crippen LogP contribution in [0.4, 0.5) is 10.5 Å². The van der Waals surface area contributed by atoms with E-state index in [4.69, 9.17) is 14.0 Å². The minimum absolute atomic E-state index is 0.00549. The topological polar surface area (TPSA) is 116 Å². The number of methoxy groups -OCH3 is 2. The molecule has 2 aromatic heterocycles. The molecule has 0 bridgehead atoms. The van der Waals surface area contributed by atoms with Crippen molar-refractivity contribution in [2.45, 2.75) is 5.92 Å². The van der Waals surface area contributed by atoms with Crippen molar-refractivity contribution < 1.29 is 18.8 Å². The highest BCUT2D eigenvalue weighted by Crippen LogP contribution is 2.31. The summed E-state index contributed by atoms with van der Waals surface area (Å²) in [5.41, 5.74) is 1.16. The SMILES string of the molecule is COc1ccc(NC(=O)N2CC(c3nc(-c4cnccn4)no3)C2)cc1OC.